The Morgan fingerprint density at radius 3 is 2.88 bits per heavy atom. The molecule has 2 nitrogen and oxygen atoms in total. The average molecular weight is 254 g/mol. The molecule has 2 atom stereocenters. The van der Waals surface area contributed by atoms with E-state index in [-0.39, 0.29) is 11.4 Å². The van der Waals surface area contributed by atoms with Gasteiger partial charge in [0.2, 0.25) is 0 Å². The first-order valence-electron chi connectivity index (χ1n) is 5.88. The van der Waals surface area contributed by atoms with Gasteiger partial charge < -0.3 is 10.6 Å². The van der Waals surface area contributed by atoms with E-state index in [1.165, 1.54) is 6.07 Å². The Bertz CT molecular complexity index is 399. The Balaban J connectivity index is 2.26. The smallest absolute Gasteiger partial charge is 0.125 e. The minimum atomic E-state index is -0.194. The molecule has 2 rings (SSSR count). The quantitative estimate of drug-likeness (QED) is 0.898. The lowest BCUT2D eigenvalue weighted by Crippen LogP contribution is -2.53. The number of likely N-dealkylation sites (N-methyl/N-ethyl adjacent to an activating group) is 1. The maximum Gasteiger partial charge on any atom is 0.125 e. The van der Waals surface area contributed by atoms with Crippen molar-refractivity contribution in [3.05, 3.63) is 30.1 Å². The number of nitrogens with zero attached hydrogens (tertiary/aromatic N) is 1. The van der Waals surface area contributed by atoms with Crippen molar-refractivity contribution in [3.63, 3.8) is 0 Å². The van der Waals surface area contributed by atoms with Gasteiger partial charge in [0.25, 0.3) is 0 Å². The molecule has 1 heterocycles. The molecule has 0 bridgehead atoms. The van der Waals surface area contributed by atoms with Gasteiger partial charge in [-0.1, -0.05) is 13.0 Å². The van der Waals surface area contributed by atoms with Crippen molar-refractivity contribution in [2.45, 2.75) is 24.1 Å². The molecule has 1 fully saturated rings. The molecule has 1 saturated heterocycles. The van der Waals surface area contributed by atoms with E-state index in [2.05, 4.69) is 11.8 Å². The lowest BCUT2D eigenvalue weighted by Gasteiger charge is -2.39. The molecule has 0 saturated carbocycles. The van der Waals surface area contributed by atoms with Crippen LogP contribution in [-0.2, 0) is 0 Å². The van der Waals surface area contributed by atoms with Gasteiger partial charge in [-0.15, -0.1) is 0 Å². The highest BCUT2D eigenvalue weighted by molar-refractivity contribution is 8.00. The number of thioether (sulfide) groups is 1. The van der Waals surface area contributed by atoms with Gasteiger partial charge in [-0.05, 0) is 24.6 Å². The third-order valence-corrected chi connectivity index (χ3v) is 5.03. The third-order valence-electron chi connectivity index (χ3n) is 3.59. The molecule has 2 N–H and O–H groups in total. The van der Waals surface area contributed by atoms with Gasteiger partial charge in [0.1, 0.15) is 5.82 Å². The number of anilines is 1. The fourth-order valence-electron chi connectivity index (χ4n) is 2.42. The summed E-state index contributed by atoms with van der Waals surface area (Å²) in [4.78, 5) is 2.15. The second-order valence-corrected chi connectivity index (χ2v) is 6.22. The van der Waals surface area contributed by atoms with E-state index in [0.717, 1.165) is 17.9 Å². The summed E-state index contributed by atoms with van der Waals surface area (Å²) in [6.07, 6.45) is 1.06. The molecule has 1 aromatic rings. The first-order valence-corrected chi connectivity index (χ1v) is 6.93. The van der Waals surface area contributed by atoms with Crippen LogP contribution >= 0.6 is 11.8 Å². The maximum absolute atomic E-state index is 13.3. The van der Waals surface area contributed by atoms with E-state index < -0.39 is 0 Å². The minimum absolute atomic E-state index is 0.0299. The van der Waals surface area contributed by atoms with Crippen LogP contribution in [0, 0.1) is 5.82 Å². The van der Waals surface area contributed by atoms with Crippen LogP contribution in [0.5, 0.6) is 0 Å². The zero-order valence-corrected chi connectivity index (χ0v) is 11.1. The van der Waals surface area contributed by atoms with E-state index in [1.54, 1.807) is 12.1 Å². The maximum atomic E-state index is 13.3. The number of hydrogen-bond acceptors (Lipinski definition) is 3. The average Bonchev–Trinajstić information content (AvgIpc) is 2.71. The van der Waals surface area contributed by atoms with Crippen LogP contribution in [0.4, 0.5) is 10.1 Å². The molecule has 0 radical (unpaired) electrons. The molecule has 0 spiro atoms. The van der Waals surface area contributed by atoms with Gasteiger partial charge >= 0.3 is 0 Å². The molecule has 2 unspecified atom stereocenters. The Morgan fingerprint density at radius 2 is 2.35 bits per heavy atom. The van der Waals surface area contributed by atoms with Crippen LogP contribution in [0.25, 0.3) is 0 Å². The molecule has 0 aromatic heterocycles. The summed E-state index contributed by atoms with van der Waals surface area (Å²) >= 11 is 1.94. The predicted molar refractivity (Wildman–Crippen MR) is 73.1 cm³/mol. The van der Waals surface area contributed by atoms with Crippen LogP contribution in [0.2, 0.25) is 0 Å². The first kappa shape index (κ1) is 12.7. The van der Waals surface area contributed by atoms with Crippen LogP contribution < -0.4 is 10.6 Å². The highest BCUT2D eigenvalue weighted by Gasteiger charge is 2.40. The predicted octanol–water partition coefficient (Wildman–Crippen LogP) is 2.48. The van der Waals surface area contributed by atoms with E-state index >= 15 is 0 Å². The fraction of sp³-hybridized carbons (Fsp3) is 0.538. The highest BCUT2D eigenvalue weighted by atomic mass is 32.2. The molecule has 1 aliphatic rings. The van der Waals surface area contributed by atoms with Crippen molar-refractivity contribution in [1.82, 2.24) is 0 Å². The SMILES string of the molecule is CC1CC(CN)(N(C)c2cccc(F)c2)CS1. The molecule has 1 aromatic carbocycles. The van der Waals surface area contributed by atoms with Crippen molar-refractivity contribution in [2.24, 2.45) is 5.73 Å². The van der Waals surface area contributed by atoms with Crippen molar-refractivity contribution >= 4 is 17.4 Å². The number of rotatable bonds is 3. The second-order valence-electron chi connectivity index (χ2n) is 4.79. The molecule has 17 heavy (non-hydrogen) atoms. The number of hydrogen-bond donors (Lipinski definition) is 1. The van der Waals surface area contributed by atoms with Crippen molar-refractivity contribution in [1.29, 1.82) is 0 Å². The monoisotopic (exact) mass is 254 g/mol. The number of halogens is 1. The topological polar surface area (TPSA) is 29.3 Å². The van der Waals surface area contributed by atoms with Crippen LogP contribution in [0.1, 0.15) is 13.3 Å². The minimum Gasteiger partial charge on any atom is -0.367 e. The van der Waals surface area contributed by atoms with Crippen molar-refractivity contribution in [3.8, 4) is 0 Å². The Labute approximate surface area is 106 Å². The molecule has 0 amide bonds. The lowest BCUT2D eigenvalue weighted by atomic mass is 9.94. The Morgan fingerprint density at radius 1 is 1.59 bits per heavy atom. The second kappa shape index (κ2) is 4.86. The van der Waals surface area contributed by atoms with Gasteiger partial charge in [-0.3, -0.25) is 0 Å². The van der Waals surface area contributed by atoms with Crippen LogP contribution in [0.3, 0.4) is 0 Å². The Kier molecular flexibility index (Phi) is 3.64. The summed E-state index contributed by atoms with van der Waals surface area (Å²) in [7, 11) is 2.01. The lowest BCUT2D eigenvalue weighted by molar-refractivity contribution is 0.446. The normalized spacial score (nSPS) is 28.4. The fourth-order valence-corrected chi connectivity index (χ4v) is 3.87. The largest absolute Gasteiger partial charge is 0.367 e. The number of benzene rings is 1. The van der Waals surface area contributed by atoms with E-state index in [9.17, 15) is 4.39 Å². The molecule has 0 aliphatic carbocycles. The van der Waals surface area contributed by atoms with Gasteiger partial charge in [-0.25, -0.2) is 4.39 Å². The third kappa shape index (κ3) is 2.43. The summed E-state index contributed by atoms with van der Waals surface area (Å²) in [6.45, 7) is 2.83. The first-order chi connectivity index (χ1) is 8.07. The zero-order valence-electron chi connectivity index (χ0n) is 10.3. The summed E-state index contributed by atoms with van der Waals surface area (Å²) < 4.78 is 13.3. The summed E-state index contributed by atoms with van der Waals surface area (Å²) in [5.74, 6) is 0.817. The highest BCUT2D eigenvalue weighted by Crippen LogP contribution is 2.39. The van der Waals surface area contributed by atoms with Gasteiger partial charge in [-0.2, -0.15) is 11.8 Å². The van der Waals surface area contributed by atoms with Gasteiger partial charge in [0.15, 0.2) is 0 Å². The number of nitrogens with two attached hydrogens (primary N) is 1. The summed E-state index contributed by atoms with van der Waals surface area (Å²) in [5, 5.41) is 0.620. The summed E-state index contributed by atoms with van der Waals surface area (Å²) in [6, 6.07) is 6.73. The molecule has 4 heteroatoms. The zero-order chi connectivity index (χ0) is 12.5. The molecule has 94 valence electrons. The molecular weight excluding hydrogens is 235 g/mol. The van der Waals surface area contributed by atoms with Crippen LogP contribution in [-0.4, -0.2) is 30.1 Å². The molecule has 1 aliphatic heterocycles. The standard InChI is InChI=1S/C13H19FN2S/c1-10-7-13(8-15,9-17-10)16(2)12-5-3-4-11(14)6-12/h3-6,10H,7-9,15H2,1-2H3. The Hall–Kier alpha value is -0.740. The van der Waals surface area contributed by atoms with E-state index in [1.807, 2.05) is 24.9 Å². The summed E-state index contributed by atoms with van der Waals surface area (Å²) in [5.41, 5.74) is 6.84. The van der Waals surface area contributed by atoms with E-state index in [4.69, 9.17) is 5.73 Å². The van der Waals surface area contributed by atoms with Gasteiger partial charge in [0, 0.05) is 30.3 Å². The van der Waals surface area contributed by atoms with Crippen LogP contribution in [0.15, 0.2) is 24.3 Å². The van der Waals surface area contributed by atoms with Gasteiger partial charge in [0.05, 0.1) is 5.54 Å². The molecular formula is C13H19FN2S. The van der Waals surface area contributed by atoms with E-state index in [0.29, 0.717) is 11.8 Å². The van der Waals surface area contributed by atoms with Crippen molar-refractivity contribution < 1.29 is 4.39 Å². The van der Waals surface area contributed by atoms with Crippen molar-refractivity contribution in [2.75, 3.05) is 24.2 Å².